The van der Waals surface area contributed by atoms with E-state index >= 15 is 0 Å². The summed E-state index contributed by atoms with van der Waals surface area (Å²) in [4.78, 5) is 0. The molecule has 0 radical (unpaired) electrons. The van der Waals surface area contributed by atoms with Crippen molar-refractivity contribution < 1.29 is 5.11 Å². The van der Waals surface area contributed by atoms with E-state index in [0.29, 0.717) is 11.6 Å². The molecule has 2 heteroatoms. The molecule has 0 aliphatic heterocycles. The van der Waals surface area contributed by atoms with Crippen LogP contribution in [-0.4, -0.2) is 17.4 Å². The van der Waals surface area contributed by atoms with E-state index in [9.17, 15) is 0 Å². The second-order valence-corrected chi connectivity index (χ2v) is 4.36. The normalized spacial score (nSPS) is 19.0. The van der Waals surface area contributed by atoms with Gasteiger partial charge in [-0.2, -0.15) is 0 Å². The van der Waals surface area contributed by atoms with E-state index in [1.807, 2.05) is 6.92 Å². The van der Waals surface area contributed by atoms with Gasteiger partial charge in [-0.05, 0) is 11.6 Å². The number of aliphatic hydroxyl groups excluding tert-OH is 1. The Labute approximate surface area is 72.1 Å². The van der Waals surface area contributed by atoms with Gasteiger partial charge >= 0.3 is 0 Å². The number of rotatable bonds is 4. The van der Waals surface area contributed by atoms with Crippen molar-refractivity contribution in [1.82, 2.24) is 0 Å². The summed E-state index contributed by atoms with van der Waals surface area (Å²) in [5.41, 5.74) is 1.69. The van der Waals surface area contributed by atoms with Gasteiger partial charge in [-0.25, -0.2) is 0 Å². The van der Waals surface area contributed by atoms with Crippen LogP contribution in [0.2, 0.25) is 0 Å². The zero-order valence-electron chi connectivity index (χ0n) is 7.67. The van der Waals surface area contributed by atoms with E-state index in [2.05, 4.69) is 29.7 Å². The van der Waals surface area contributed by atoms with Crippen LogP contribution in [0.1, 0.15) is 20.8 Å². The van der Waals surface area contributed by atoms with Crippen molar-refractivity contribution in [2.45, 2.75) is 26.4 Å². The average Bonchev–Trinajstić information content (AvgIpc) is 2.00. The summed E-state index contributed by atoms with van der Waals surface area (Å²) in [7, 11) is 2.76. The molecule has 0 aromatic rings. The summed E-state index contributed by atoms with van der Waals surface area (Å²) >= 11 is 0. The van der Waals surface area contributed by atoms with Gasteiger partial charge in [0.05, 0.1) is 0 Å². The van der Waals surface area contributed by atoms with Crippen molar-refractivity contribution in [2.75, 3.05) is 6.61 Å². The molecule has 0 amide bonds. The van der Waals surface area contributed by atoms with Crippen LogP contribution in [0.3, 0.4) is 0 Å². The Bertz CT molecular complexity index is 132. The van der Waals surface area contributed by atoms with E-state index in [0.717, 1.165) is 5.57 Å². The molecule has 66 valence electrons. The summed E-state index contributed by atoms with van der Waals surface area (Å²) in [5, 5.41) is 8.87. The monoisotopic (exact) mass is 174 g/mol. The second-order valence-electron chi connectivity index (χ2n) is 3.31. The van der Waals surface area contributed by atoms with Crippen molar-refractivity contribution in [3.8, 4) is 0 Å². The Kier molecular flexibility index (Phi) is 4.96. The summed E-state index contributed by atoms with van der Waals surface area (Å²) in [6, 6.07) is 0. The number of hydrogen-bond donors (Lipinski definition) is 1. The van der Waals surface area contributed by atoms with Crippen LogP contribution in [0.25, 0.3) is 0 Å². The molecule has 4 atom stereocenters. The van der Waals surface area contributed by atoms with Crippen molar-refractivity contribution in [3.63, 3.8) is 0 Å². The Hall–Kier alpha value is 0.130. The van der Waals surface area contributed by atoms with Crippen LogP contribution < -0.4 is 0 Å². The van der Waals surface area contributed by atoms with Gasteiger partial charge in [-0.3, -0.25) is 0 Å². The molecule has 4 unspecified atom stereocenters. The van der Waals surface area contributed by atoms with Gasteiger partial charge in [-0.15, -0.1) is 9.24 Å². The van der Waals surface area contributed by atoms with Crippen molar-refractivity contribution in [1.29, 1.82) is 0 Å². The summed E-state index contributed by atoms with van der Waals surface area (Å²) in [6.07, 6.45) is 0. The van der Waals surface area contributed by atoms with Crippen molar-refractivity contribution in [2.24, 2.45) is 11.8 Å². The Morgan fingerprint density at radius 3 is 2.18 bits per heavy atom. The highest BCUT2D eigenvalue weighted by molar-refractivity contribution is 7.17. The lowest BCUT2D eigenvalue weighted by molar-refractivity contribution is 0.249. The Morgan fingerprint density at radius 2 is 1.91 bits per heavy atom. The first-order chi connectivity index (χ1) is 5.00. The van der Waals surface area contributed by atoms with Gasteiger partial charge < -0.3 is 5.11 Å². The summed E-state index contributed by atoms with van der Waals surface area (Å²) in [6.45, 7) is 10.5. The zero-order valence-corrected chi connectivity index (χ0v) is 8.83. The molecule has 1 N–H and O–H groups in total. The molecule has 0 aliphatic carbocycles. The highest BCUT2D eigenvalue weighted by atomic mass is 31.0. The molecule has 11 heavy (non-hydrogen) atoms. The lowest BCUT2D eigenvalue weighted by atomic mass is 9.90. The lowest BCUT2D eigenvalue weighted by Gasteiger charge is -2.22. The second kappa shape index (κ2) is 4.90. The third kappa shape index (κ3) is 3.35. The van der Waals surface area contributed by atoms with Gasteiger partial charge in [0, 0.05) is 12.5 Å². The predicted molar refractivity (Wildman–Crippen MR) is 53.7 cm³/mol. The summed E-state index contributed by atoms with van der Waals surface area (Å²) in [5.74, 6) is 0.704. The van der Waals surface area contributed by atoms with Crippen LogP contribution in [-0.2, 0) is 0 Å². The largest absolute Gasteiger partial charge is 0.396 e. The standard InChI is InChI=1S/C9H19OP/c1-6(5-10)7(2)8(3)9(4)11/h6,8-10H,2,5,11H2,1,3-4H3. The molecule has 0 aromatic carbocycles. The van der Waals surface area contributed by atoms with Crippen LogP contribution >= 0.6 is 9.24 Å². The van der Waals surface area contributed by atoms with Crippen LogP contribution in [0.4, 0.5) is 0 Å². The molecule has 0 saturated carbocycles. The first-order valence-corrected chi connectivity index (χ1v) is 4.72. The van der Waals surface area contributed by atoms with Gasteiger partial charge in [0.25, 0.3) is 0 Å². The molecule has 0 rings (SSSR count). The third-order valence-electron chi connectivity index (χ3n) is 2.28. The molecule has 0 spiro atoms. The van der Waals surface area contributed by atoms with Crippen LogP contribution in [0.5, 0.6) is 0 Å². The number of aliphatic hydroxyl groups is 1. The van der Waals surface area contributed by atoms with E-state index in [1.165, 1.54) is 0 Å². The molecule has 0 fully saturated rings. The van der Waals surface area contributed by atoms with Crippen molar-refractivity contribution >= 4 is 9.24 Å². The fraction of sp³-hybridized carbons (Fsp3) is 0.778. The lowest BCUT2D eigenvalue weighted by Crippen LogP contribution is -2.16. The highest BCUT2D eigenvalue weighted by Crippen LogP contribution is 2.24. The Morgan fingerprint density at radius 1 is 1.45 bits per heavy atom. The predicted octanol–water partition coefficient (Wildman–Crippen LogP) is 2.07. The smallest absolute Gasteiger partial charge is 0.0493 e. The third-order valence-corrected chi connectivity index (χ3v) is 2.86. The SMILES string of the molecule is C=C(C(C)CO)C(C)C(C)P. The first-order valence-electron chi connectivity index (χ1n) is 4.05. The topological polar surface area (TPSA) is 20.2 Å². The van der Waals surface area contributed by atoms with Crippen molar-refractivity contribution in [3.05, 3.63) is 12.2 Å². The Balaban J connectivity index is 4.02. The maximum atomic E-state index is 8.87. The minimum Gasteiger partial charge on any atom is -0.396 e. The minimum absolute atomic E-state index is 0.209. The maximum absolute atomic E-state index is 8.87. The molecular weight excluding hydrogens is 155 g/mol. The van der Waals surface area contributed by atoms with E-state index < -0.39 is 0 Å². The molecule has 0 saturated heterocycles. The summed E-state index contributed by atoms with van der Waals surface area (Å²) < 4.78 is 0. The van der Waals surface area contributed by atoms with E-state index in [1.54, 1.807) is 0 Å². The van der Waals surface area contributed by atoms with Gasteiger partial charge in [0.2, 0.25) is 0 Å². The molecule has 0 aliphatic rings. The van der Waals surface area contributed by atoms with Gasteiger partial charge in [-0.1, -0.05) is 32.9 Å². The average molecular weight is 174 g/mol. The van der Waals surface area contributed by atoms with E-state index in [4.69, 9.17) is 5.11 Å². The van der Waals surface area contributed by atoms with Gasteiger partial charge in [0.1, 0.15) is 0 Å². The van der Waals surface area contributed by atoms with Crippen LogP contribution in [0, 0.1) is 11.8 Å². The quantitative estimate of drug-likeness (QED) is 0.511. The molecular formula is C9H19OP. The molecule has 0 heterocycles. The van der Waals surface area contributed by atoms with E-state index in [-0.39, 0.29) is 12.5 Å². The number of hydrogen-bond acceptors (Lipinski definition) is 1. The maximum Gasteiger partial charge on any atom is 0.0493 e. The minimum atomic E-state index is 0.209. The highest BCUT2D eigenvalue weighted by Gasteiger charge is 2.15. The molecule has 1 nitrogen and oxygen atoms in total. The fourth-order valence-corrected chi connectivity index (χ4v) is 1.15. The fourth-order valence-electron chi connectivity index (χ4n) is 0.904. The van der Waals surface area contributed by atoms with Crippen LogP contribution in [0.15, 0.2) is 12.2 Å². The first kappa shape index (κ1) is 11.1. The molecule has 0 bridgehead atoms. The molecule has 0 aromatic heterocycles. The van der Waals surface area contributed by atoms with Gasteiger partial charge in [0.15, 0.2) is 0 Å². The zero-order chi connectivity index (χ0) is 9.02.